The lowest BCUT2D eigenvalue weighted by Gasteiger charge is -2.24. The molecule has 1 heterocycles. The number of halogens is 2. The average Bonchev–Trinajstić information content (AvgIpc) is 2.25. The second kappa shape index (κ2) is 7.09. The summed E-state index contributed by atoms with van der Waals surface area (Å²) in [6.07, 6.45) is 2.86. The van der Waals surface area contributed by atoms with Gasteiger partial charge in [0.05, 0.1) is 5.02 Å². The maximum absolute atomic E-state index is 6.18. The summed E-state index contributed by atoms with van der Waals surface area (Å²) < 4.78 is 0.909. The Morgan fingerprint density at radius 3 is 2.81 bits per heavy atom. The van der Waals surface area contributed by atoms with Crippen molar-refractivity contribution in [3.05, 3.63) is 21.8 Å². The van der Waals surface area contributed by atoms with Gasteiger partial charge in [-0.15, -0.1) is 0 Å². The van der Waals surface area contributed by atoms with E-state index in [1.165, 1.54) is 0 Å². The van der Waals surface area contributed by atoms with Gasteiger partial charge in [-0.05, 0) is 35.5 Å². The van der Waals surface area contributed by atoms with E-state index in [9.17, 15) is 0 Å². The zero-order chi connectivity index (χ0) is 12.0. The highest BCUT2D eigenvalue weighted by Crippen LogP contribution is 2.26. The van der Waals surface area contributed by atoms with Gasteiger partial charge in [-0.1, -0.05) is 18.5 Å². The van der Waals surface area contributed by atoms with Crippen LogP contribution in [0.3, 0.4) is 0 Å². The fourth-order valence-corrected chi connectivity index (χ4v) is 2.23. The Labute approximate surface area is 110 Å². The molecule has 1 rings (SSSR count). The van der Waals surface area contributed by atoms with E-state index in [2.05, 4.69) is 38.1 Å². The van der Waals surface area contributed by atoms with E-state index in [0.29, 0.717) is 5.02 Å². The van der Waals surface area contributed by atoms with Gasteiger partial charge in [0.1, 0.15) is 5.82 Å². The first kappa shape index (κ1) is 13.7. The molecule has 90 valence electrons. The third-order valence-electron chi connectivity index (χ3n) is 2.21. The molecule has 0 spiro atoms. The van der Waals surface area contributed by atoms with Crippen LogP contribution in [0, 0.1) is 0 Å². The number of nitrogens with zero attached hydrogens (tertiary/aromatic N) is 2. The lowest BCUT2D eigenvalue weighted by Crippen LogP contribution is -2.32. The highest BCUT2D eigenvalue weighted by Gasteiger charge is 2.10. The molecule has 0 aromatic carbocycles. The lowest BCUT2D eigenvalue weighted by atomic mass is 10.3. The van der Waals surface area contributed by atoms with Gasteiger partial charge in [-0.2, -0.15) is 0 Å². The van der Waals surface area contributed by atoms with Gasteiger partial charge in [0.15, 0.2) is 0 Å². The first-order chi connectivity index (χ1) is 7.69. The van der Waals surface area contributed by atoms with E-state index < -0.39 is 0 Å². The van der Waals surface area contributed by atoms with Gasteiger partial charge >= 0.3 is 0 Å². The number of rotatable bonds is 6. The molecule has 0 saturated heterocycles. The van der Waals surface area contributed by atoms with Crippen molar-refractivity contribution >= 4 is 33.3 Å². The highest BCUT2D eigenvalue weighted by molar-refractivity contribution is 9.10. The van der Waals surface area contributed by atoms with Gasteiger partial charge < -0.3 is 10.2 Å². The van der Waals surface area contributed by atoms with E-state index in [4.69, 9.17) is 11.6 Å². The average molecular weight is 307 g/mol. The summed E-state index contributed by atoms with van der Waals surface area (Å²) in [7, 11) is 1.95. The normalized spacial score (nSPS) is 10.5. The van der Waals surface area contributed by atoms with E-state index >= 15 is 0 Å². The zero-order valence-corrected chi connectivity index (χ0v) is 12.0. The van der Waals surface area contributed by atoms with Crippen molar-refractivity contribution in [2.24, 2.45) is 0 Å². The molecule has 0 bridgehead atoms. The topological polar surface area (TPSA) is 28.2 Å². The molecule has 0 unspecified atom stereocenters. The predicted octanol–water partition coefficient (Wildman–Crippen LogP) is 2.93. The molecule has 0 amide bonds. The molecule has 0 aliphatic carbocycles. The zero-order valence-electron chi connectivity index (χ0n) is 9.63. The molecule has 3 nitrogen and oxygen atoms in total. The van der Waals surface area contributed by atoms with Crippen molar-refractivity contribution in [3.63, 3.8) is 0 Å². The number of hydrogen-bond donors (Lipinski definition) is 1. The Morgan fingerprint density at radius 2 is 2.25 bits per heavy atom. The molecular weight excluding hydrogens is 289 g/mol. The van der Waals surface area contributed by atoms with Crippen LogP contribution < -0.4 is 10.2 Å². The van der Waals surface area contributed by atoms with Crippen LogP contribution in [-0.4, -0.2) is 31.7 Å². The van der Waals surface area contributed by atoms with Crippen molar-refractivity contribution in [2.45, 2.75) is 13.3 Å². The Bertz CT molecular complexity index is 333. The summed E-state index contributed by atoms with van der Waals surface area (Å²) >= 11 is 9.54. The monoisotopic (exact) mass is 305 g/mol. The van der Waals surface area contributed by atoms with Gasteiger partial charge in [0, 0.05) is 30.3 Å². The number of pyridine rings is 1. The summed E-state index contributed by atoms with van der Waals surface area (Å²) in [4.78, 5) is 6.57. The highest BCUT2D eigenvalue weighted by atomic mass is 79.9. The van der Waals surface area contributed by atoms with E-state index in [1.54, 1.807) is 6.20 Å². The summed E-state index contributed by atoms with van der Waals surface area (Å²) in [6, 6.07) is 1.88. The smallest absolute Gasteiger partial charge is 0.147 e. The maximum atomic E-state index is 6.18. The minimum absolute atomic E-state index is 0.693. The van der Waals surface area contributed by atoms with E-state index in [1.807, 2.05) is 13.1 Å². The first-order valence-electron chi connectivity index (χ1n) is 5.39. The second-order valence-corrected chi connectivity index (χ2v) is 4.87. The molecule has 0 atom stereocenters. The van der Waals surface area contributed by atoms with Crippen molar-refractivity contribution in [1.82, 2.24) is 10.3 Å². The van der Waals surface area contributed by atoms with Gasteiger partial charge in [0.25, 0.3) is 0 Å². The lowest BCUT2D eigenvalue weighted by molar-refractivity contribution is 0.702. The molecule has 1 N–H and O–H groups in total. The molecule has 1 aromatic rings. The third kappa shape index (κ3) is 3.92. The number of aromatic nitrogens is 1. The molecule has 0 radical (unpaired) electrons. The summed E-state index contributed by atoms with van der Waals surface area (Å²) in [5.74, 6) is 0.863. The molecule has 0 saturated carbocycles. The van der Waals surface area contributed by atoms with Crippen LogP contribution in [0.1, 0.15) is 13.3 Å². The minimum Gasteiger partial charge on any atom is -0.354 e. The van der Waals surface area contributed by atoms with Crippen molar-refractivity contribution in [1.29, 1.82) is 0 Å². The van der Waals surface area contributed by atoms with E-state index in [0.717, 1.165) is 36.3 Å². The number of likely N-dealkylation sites (N-methyl/N-ethyl adjacent to an activating group) is 1. The van der Waals surface area contributed by atoms with Crippen molar-refractivity contribution in [3.8, 4) is 0 Å². The number of hydrogen-bond acceptors (Lipinski definition) is 3. The summed E-state index contributed by atoms with van der Waals surface area (Å²) in [6.45, 7) is 4.96. The van der Waals surface area contributed by atoms with E-state index in [-0.39, 0.29) is 0 Å². The molecule has 16 heavy (non-hydrogen) atoms. The predicted molar refractivity (Wildman–Crippen MR) is 73.4 cm³/mol. The fraction of sp³-hybridized carbons (Fsp3) is 0.545. The van der Waals surface area contributed by atoms with Gasteiger partial charge in [0.2, 0.25) is 0 Å². The first-order valence-corrected chi connectivity index (χ1v) is 6.56. The Kier molecular flexibility index (Phi) is 6.09. The van der Waals surface area contributed by atoms with Gasteiger partial charge in [-0.3, -0.25) is 0 Å². The van der Waals surface area contributed by atoms with Crippen molar-refractivity contribution < 1.29 is 0 Å². The minimum atomic E-state index is 0.693. The van der Waals surface area contributed by atoms with Crippen LogP contribution in [0.15, 0.2) is 16.7 Å². The maximum Gasteiger partial charge on any atom is 0.147 e. The molecule has 0 aliphatic heterocycles. The van der Waals surface area contributed by atoms with Crippen molar-refractivity contribution in [2.75, 3.05) is 31.6 Å². The second-order valence-electron chi connectivity index (χ2n) is 3.55. The quantitative estimate of drug-likeness (QED) is 0.876. The van der Waals surface area contributed by atoms with Crippen LogP contribution in [0.2, 0.25) is 5.02 Å². The van der Waals surface area contributed by atoms with Crippen LogP contribution in [0.4, 0.5) is 5.82 Å². The van der Waals surface area contributed by atoms with Crippen LogP contribution in [0.5, 0.6) is 0 Å². The Hall–Kier alpha value is -0.320. The molecule has 1 aromatic heterocycles. The summed E-state index contributed by atoms with van der Waals surface area (Å²) in [5.41, 5.74) is 0. The summed E-state index contributed by atoms with van der Waals surface area (Å²) in [5, 5.41) is 3.83. The number of anilines is 1. The number of nitrogens with one attached hydrogen (secondary N) is 1. The molecule has 0 aliphatic rings. The molecule has 0 fully saturated rings. The third-order valence-corrected chi connectivity index (χ3v) is 2.92. The van der Waals surface area contributed by atoms with Crippen LogP contribution in [-0.2, 0) is 0 Å². The largest absolute Gasteiger partial charge is 0.354 e. The van der Waals surface area contributed by atoms with Gasteiger partial charge in [-0.25, -0.2) is 4.98 Å². The molecule has 5 heteroatoms. The standard InChI is InChI=1S/C11H17BrClN3/c1-3-5-16(6-4-14-2)11-10(13)7-9(12)8-15-11/h7-8,14H,3-6H2,1-2H3. The Morgan fingerprint density at radius 1 is 1.50 bits per heavy atom. The van der Waals surface area contributed by atoms with Crippen LogP contribution >= 0.6 is 27.5 Å². The molecular formula is C11H17BrClN3. The van der Waals surface area contributed by atoms with Crippen LogP contribution in [0.25, 0.3) is 0 Å². The Balaban J connectivity index is 2.82. The fourth-order valence-electron chi connectivity index (χ4n) is 1.48. The SMILES string of the molecule is CCCN(CCNC)c1ncc(Br)cc1Cl.